The predicted molar refractivity (Wildman–Crippen MR) is 285 cm³/mol. The Morgan fingerprint density at radius 2 is 1.77 bits per heavy atom. The predicted octanol–water partition coefficient (Wildman–Crippen LogP) is 8.92. The number of amides is 1. The van der Waals surface area contributed by atoms with Crippen LogP contribution in [0.3, 0.4) is 0 Å². The molecule has 18 nitrogen and oxygen atoms in total. The number of nitrogens with one attached hydrogen (secondary N) is 3. The van der Waals surface area contributed by atoms with Gasteiger partial charge in [-0.25, -0.2) is 13.1 Å². The normalized spacial score (nSPS) is 25.3. The molecule has 4 N–H and O–H groups in total. The van der Waals surface area contributed by atoms with E-state index in [0.29, 0.717) is 62.5 Å². The minimum Gasteiger partial charge on any atom is -0.489 e. The maximum atomic E-state index is 14.5. The van der Waals surface area contributed by atoms with E-state index in [1.54, 1.807) is 24.4 Å². The van der Waals surface area contributed by atoms with E-state index in [1.165, 1.54) is 42.9 Å². The zero-order chi connectivity index (χ0) is 52.2. The van der Waals surface area contributed by atoms with Crippen LogP contribution in [0.5, 0.6) is 23.1 Å². The van der Waals surface area contributed by atoms with Gasteiger partial charge in [-0.3, -0.25) is 24.7 Å². The van der Waals surface area contributed by atoms with Gasteiger partial charge < -0.3 is 39.3 Å². The van der Waals surface area contributed by atoms with Crippen LogP contribution in [0, 0.1) is 21.4 Å². The summed E-state index contributed by atoms with van der Waals surface area (Å²) in [6.45, 7) is 11.3. The number of fused-ring (bicyclic) bond motifs is 2. The van der Waals surface area contributed by atoms with Crippen LogP contribution in [0.2, 0.25) is 0 Å². The average Bonchev–Trinajstić information content (AvgIpc) is 4.07. The van der Waals surface area contributed by atoms with E-state index < -0.39 is 37.0 Å². The van der Waals surface area contributed by atoms with E-state index in [-0.39, 0.29) is 71.0 Å². The standard InChI is InChI=1S/C56H70N8O10S/c1-35(2)42-8-5-6-9-43(42)46-10-7-21-63(46)39-30-56(31-39)18-22-62(23-19-56)38-11-12-44(48(27-38)74-50-26-37-15-20-57-52(37)59-54(50)73-33-40-32-71-25-24-61(40)4)53(65)60-75(69,70)41-28-47(64(67)68)51-49(29-41)72-34-45(58-51)36-13-16-55(3,66)17-14-36/h5-6,8-9,11-12,15,20,26-29,35-36,39-40,45-46,58,66H,7,10,13-14,16-19,21-25,30-34H2,1-4H3,(H,57,59)(H,60,65)/t36?,40-,45-,46+,55?/m1/s1. The maximum absolute atomic E-state index is 14.5. The quantitative estimate of drug-likeness (QED) is 0.0604. The number of ether oxygens (including phenoxy) is 4. The van der Waals surface area contributed by atoms with Gasteiger partial charge in [0.2, 0.25) is 0 Å². The first-order chi connectivity index (χ1) is 36.0. The van der Waals surface area contributed by atoms with Crippen LogP contribution in [-0.4, -0.2) is 128 Å². The van der Waals surface area contributed by atoms with Crippen molar-refractivity contribution >= 4 is 44.0 Å². The number of benzene rings is 3. The van der Waals surface area contributed by atoms with Crippen molar-refractivity contribution in [2.75, 3.05) is 69.9 Å². The van der Waals surface area contributed by atoms with Crippen molar-refractivity contribution in [1.82, 2.24) is 24.5 Å². The zero-order valence-corrected chi connectivity index (χ0v) is 44.2. The molecule has 0 bridgehead atoms. The largest absolute Gasteiger partial charge is 0.489 e. The zero-order valence-electron chi connectivity index (χ0n) is 43.4. The number of nitrogens with zero attached hydrogens (tertiary/aromatic N) is 5. The molecule has 6 heterocycles. The molecule has 3 saturated heterocycles. The van der Waals surface area contributed by atoms with Gasteiger partial charge in [-0.1, -0.05) is 38.1 Å². The van der Waals surface area contributed by atoms with Gasteiger partial charge in [-0.2, -0.15) is 4.98 Å². The van der Waals surface area contributed by atoms with Gasteiger partial charge in [-0.05, 0) is 137 Å². The summed E-state index contributed by atoms with van der Waals surface area (Å²) in [6.07, 6.45) is 11.1. The minimum absolute atomic E-state index is 0.0102. The molecule has 3 aromatic carbocycles. The monoisotopic (exact) mass is 1050 g/mol. The molecule has 11 rings (SSSR count). The average molecular weight is 1050 g/mol. The van der Waals surface area contributed by atoms with Crippen molar-refractivity contribution in [3.8, 4) is 23.1 Å². The van der Waals surface area contributed by atoms with Crippen LogP contribution in [0.4, 0.5) is 17.1 Å². The lowest BCUT2D eigenvalue weighted by Gasteiger charge is -2.56. The van der Waals surface area contributed by atoms with Gasteiger partial charge in [0.15, 0.2) is 17.2 Å². The molecule has 0 unspecified atom stereocenters. The molecule has 2 aliphatic carbocycles. The summed E-state index contributed by atoms with van der Waals surface area (Å²) in [5.41, 5.74) is 3.30. The fraction of sp³-hybridized carbons (Fsp3) is 0.536. The Bertz CT molecular complexity index is 3050. The number of hydrogen-bond donors (Lipinski definition) is 4. The Morgan fingerprint density at radius 1 is 0.987 bits per heavy atom. The number of rotatable bonds is 14. The van der Waals surface area contributed by atoms with Gasteiger partial charge in [-0.15, -0.1) is 0 Å². The summed E-state index contributed by atoms with van der Waals surface area (Å²) >= 11 is 0. The maximum Gasteiger partial charge on any atom is 0.297 e. The molecule has 400 valence electrons. The minimum atomic E-state index is -4.73. The molecule has 3 atom stereocenters. The number of piperidine rings is 1. The second-order valence-corrected chi connectivity index (χ2v) is 24.3. The highest BCUT2D eigenvalue weighted by atomic mass is 32.2. The van der Waals surface area contributed by atoms with Gasteiger partial charge in [0.05, 0.1) is 46.3 Å². The van der Waals surface area contributed by atoms with Crippen LogP contribution < -0.4 is 29.1 Å². The number of likely N-dealkylation sites (N-methyl/N-ethyl adjacent to an activating group) is 1. The lowest BCUT2D eigenvalue weighted by atomic mass is 9.59. The summed E-state index contributed by atoms with van der Waals surface area (Å²) in [5, 5.41) is 27.0. The van der Waals surface area contributed by atoms with E-state index in [2.05, 4.69) is 67.8 Å². The third-order valence-electron chi connectivity index (χ3n) is 17.3. The number of likely N-dealkylation sites (tertiary alicyclic amines) is 1. The Kier molecular flexibility index (Phi) is 14.0. The topological polar surface area (TPSA) is 214 Å². The lowest BCUT2D eigenvalue weighted by molar-refractivity contribution is -0.384. The fourth-order valence-corrected chi connectivity index (χ4v) is 13.7. The number of pyridine rings is 1. The van der Waals surface area contributed by atoms with Crippen LogP contribution in [0.25, 0.3) is 11.0 Å². The van der Waals surface area contributed by atoms with Gasteiger partial charge >= 0.3 is 0 Å². The molecule has 1 amide bonds. The number of aromatic nitrogens is 2. The highest BCUT2D eigenvalue weighted by Gasteiger charge is 2.50. The van der Waals surface area contributed by atoms with E-state index in [0.717, 1.165) is 56.2 Å². The first-order valence-corrected chi connectivity index (χ1v) is 28.3. The smallest absolute Gasteiger partial charge is 0.297 e. The van der Waals surface area contributed by atoms with Crippen molar-refractivity contribution in [2.24, 2.45) is 11.3 Å². The molecular formula is C56H70N8O10S. The molecule has 1 spiro atoms. The van der Waals surface area contributed by atoms with E-state index in [9.17, 15) is 28.4 Å². The molecule has 0 radical (unpaired) electrons. The third-order valence-corrected chi connectivity index (χ3v) is 18.6. The molecule has 2 aromatic heterocycles. The first kappa shape index (κ1) is 51.1. The first-order valence-electron chi connectivity index (χ1n) is 26.8. The number of aromatic amines is 1. The number of H-pyrrole nitrogens is 1. The Labute approximate surface area is 438 Å². The van der Waals surface area contributed by atoms with Crippen molar-refractivity contribution in [1.29, 1.82) is 0 Å². The second-order valence-electron chi connectivity index (χ2n) is 22.6. The van der Waals surface area contributed by atoms with Crippen LogP contribution >= 0.6 is 0 Å². The summed E-state index contributed by atoms with van der Waals surface area (Å²) in [5.74, 6) is 0.0226. The van der Waals surface area contributed by atoms with Crippen molar-refractivity contribution < 1.29 is 42.2 Å². The Morgan fingerprint density at radius 3 is 2.53 bits per heavy atom. The summed E-state index contributed by atoms with van der Waals surface area (Å²) in [4.78, 5) is 41.0. The molecule has 75 heavy (non-hydrogen) atoms. The molecule has 19 heteroatoms. The van der Waals surface area contributed by atoms with Crippen LogP contribution in [0.15, 0.2) is 77.8 Å². The van der Waals surface area contributed by atoms with E-state index >= 15 is 0 Å². The molecule has 4 aliphatic heterocycles. The number of carbonyl (C=O) groups is 1. The number of aliphatic hydroxyl groups is 1. The highest BCUT2D eigenvalue weighted by Crippen LogP contribution is 2.55. The number of nitro benzene ring substituents is 1. The second kappa shape index (κ2) is 20.5. The summed E-state index contributed by atoms with van der Waals surface area (Å²) < 4.78 is 55.5. The van der Waals surface area contributed by atoms with Gasteiger partial charge in [0.1, 0.15) is 24.6 Å². The SMILES string of the molecule is CC(C)c1ccccc1[C@@H]1CCCN1C1CC2(CCN(c3ccc(C(=O)NS(=O)(=O)c4cc5c(c([N+](=O)[O-])c4)N[C@@H](C4CCC(C)(O)CC4)CO5)c(Oc4cc5cc[nH]c5nc4OC[C@H]4COCCN4C)c3)CC2)C1. The van der Waals surface area contributed by atoms with Crippen LogP contribution in [0.1, 0.15) is 118 Å². The highest BCUT2D eigenvalue weighted by molar-refractivity contribution is 7.90. The number of anilines is 2. The van der Waals surface area contributed by atoms with Gasteiger partial charge in [0.25, 0.3) is 27.5 Å². The number of hydrogen-bond acceptors (Lipinski definition) is 15. The van der Waals surface area contributed by atoms with E-state index in [1.807, 2.05) is 26.1 Å². The summed E-state index contributed by atoms with van der Waals surface area (Å²) in [6, 6.07) is 20.6. The van der Waals surface area contributed by atoms with Crippen LogP contribution in [-0.2, 0) is 14.8 Å². The molecule has 2 saturated carbocycles. The van der Waals surface area contributed by atoms with Crippen molar-refractivity contribution in [2.45, 2.75) is 126 Å². The molecule has 5 fully saturated rings. The number of morpholine rings is 1. The van der Waals surface area contributed by atoms with Crippen molar-refractivity contribution in [3.63, 3.8) is 0 Å². The fourth-order valence-electron chi connectivity index (χ4n) is 12.7. The molecule has 5 aromatic rings. The Hall–Kier alpha value is -5.99. The third kappa shape index (κ3) is 10.5. The molecule has 6 aliphatic rings. The molecular weight excluding hydrogens is 977 g/mol. The Balaban J connectivity index is 0.847. The number of nitro groups is 1. The number of sulfonamides is 1. The van der Waals surface area contributed by atoms with E-state index in [4.69, 9.17) is 23.9 Å². The summed E-state index contributed by atoms with van der Waals surface area (Å²) in [7, 11) is -2.72. The van der Waals surface area contributed by atoms with Crippen molar-refractivity contribution in [3.05, 3.63) is 99.7 Å². The number of carbonyl (C=O) groups excluding carboxylic acids is 1. The lowest BCUT2D eigenvalue weighted by Crippen LogP contribution is -2.54. The van der Waals surface area contributed by atoms with Gasteiger partial charge in [0, 0.05) is 67.2 Å².